The van der Waals surface area contributed by atoms with Crippen LogP contribution >= 0.6 is 0 Å². The fourth-order valence-corrected chi connectivity index (χ4v) is 5.21. The zero-order chi connectivity index (χ0) is 29.7. The van der Waals surface area contributed by atoms with Crippen molar-refractivity contribution in [2.45, 2.75) is 31.8 Å². The van der Waals surface area contributed by atoms with Crippen LogP contribution < -0.4 is 16.0 Å². The molecule has 4 amide bonds. The first-order chi connectivity index (χ1) is 19.5. The van der Waals surface area contributed by atoms with Gasteiger partial charge in [-0.3, -0.25) is 14.6 Å². The first-order valence-corrected chi connectivity index (χ1v) is 13.6. The quantitative estimate of drug-likeness (QED) is 0.428. The van der Waals surface area contributed by atoms with Crippen molar-refractivity contribution in [1.82, 2.24) is 25.4 Å². The van der Waals surface area contributed by atoms with Crippen molar-refractivity contribution in [2.24, 2.45) is 11.0 Å². The molecule has 2 aliphatic heterocycles. The fraction of sp³-hybridized carbons (Fsp3) is 0.355. The molecule has 2 heterocycles. The van der Waals surface area contributed by atoms with E-state index in [4.69, 9.17) is 0 Å². The third kappa shape index (κ3) is 7.01. The maximum absolute atomic E-state index is 13.8. The van der Waals surface area contributed by atoms with Gasteiger partial charge in [0.2, 0.25) is 5.91 Å². The van der Waals surface area contributed by atoms with Crippen molar-refractivity contribution >= 4 is 29.7 Å². The molecule has 4 rings (SSSR count). The van der Waals surface area contributed by atoms with E-state index < -0.39 is 5.54 Å². The second kappa shape index (κ2) is 12.4. The first kappa shape index (κ1) is 29.5. The van der Waals surface area contributed by atoms with Crippen molar-refractivity contribution < 1.29 is 14.4 Å². The number of amides is 4. The van der Waals surface area contributed by atoms with Crippen molar-refractivity contribution in [2.75, 3.05) is 39.5 Å². The number of rotatable bonds is 8. The second-order valence-corrected chi connectivity index (χ2v) is 11.3. The van der Waals surface area contributed by atoms with Crippen LogP contribution in [0.5, 0.6) is 0 Å². The van der Waals surface area contributed by atoms with E-state index in [1.54, 1.807) is 36.3 Å². The zero-order valence-electron chi connectivity index (χ0n) is 24.3. The molecular weight excluding hydrogens is 518 g/mol. The summed E-state index contributed by atoms with van der Waals surface area (Å²) in [7, 11) is 5.74. The van der Waals surface area contributed by atoms with E-state index in [2.05, 4.69) is 46.4 Å². The molecule has 0 radical (unpaired) electrons. The molecular formula is C31H39N7O3. The number of piperidine rings is 1. The minimum absolute atomic E-state index is 0.0243. The van der Waals surface area contributed by atoms with E-state index in [0.717, 1.165) is 11.1 Å². The van der Waals surface area contributed by atoms with E-state index in [1.165, 1.54) is 6.08 Å². The van der Waals surface area contributed by atoms with Gasteiger partial charge in [-0.15, -0.1) is 0 Å². The van der Waals surface area contributed by atoms with Gasteiger partial charge in [-0.2, -0.15) is 5.10 Å². The van der Waals surface area contributed by atoms with Gasteiger partial charge in [0, 0.05) is 54.6 Å². The highest BCUT2D eigenvalue weighted by Crippen LogP contribution is 2.37. The monoisotopic (exact) mass is 557 g/mol. The molecule has 0 spiro atoms. The van der Waals surface area contributed by atoms with E-state index in [0.29, 0.717) is 36.6 Å². The Bertz CT molecular complexity index is 1350. The number of hydrazone groups is 1. The number of hydrogen-bond donors (Lipinski definition) is 3. The normalized spacial score (nSPS) is 18.4. The predicted octanol–water partition coefficient (Wildman–Crippen LogP) is 3.80. The standard InChI is InChI=1S/C31H39N7O3/c1-7-27(39)33-24-15-13-22(14-16-24)29(40)35-28-25-19-38(31(2,3)17-23(25)18-32-37(28)6)30(41)34-26(20-36(4)5)21-11-9-8-10-12-21/h7-16,18,23,26H,1,17,19-20H2,2-6H3,(H,33,39)(H,34,41)(H,35,40). The van der Waals surface area contributed by atoms with Gasteiger partial charge >= 0.3 is 6.03 Å². The van der Waals surface area contributed by atoms with Crippen LogP contribution in [0.2, 0.25) is 0 Å². The SMILES string of the molecule is C=CC(=O)Nc1ccc(C(=O)NC2=C3CN(C(=O)NC(CN(C)C)c4ccccc4)C(C)(C)CC3C=NN2C)cc1. The maximum Gasteiger partial charge on any atom is 0.318 e. The topological polar surface area (TPSA) is 109 Å². The van der Waals surface area contributed by atoms with Gasteiger partial charge in [-0.25, -0.2) is 4.79 Å². The summed E-state index contributed by atoms with van der Waals surface area (Å²) in [5, 5.41) is 15.1. The fourth-order valence-electron chi connectivity index (χ4n) is 5.21. The largest absolute Gasteiger partial charge is 0.330 e. The number of anilines is 1. The summed E-state index contributed by atoms with van der Waals surface area (Å²) in [6, 6.07) is 16.2. The van der Waals surface area contributed by atoms with Crippen LogP contribution in [-0.4, -0.2) is 78.6 Å². The van der Waals surface area contributed by atoms with Crippen LogP contribution in [0.1, 0.15) is 42.2 Å². The number of hydrogen-bond acceptors (Lipinski definition) is 6. The van der Waals surface area contributed by atoms with Crippen molar-refractivity contribution in [3.8, 4) is 0 Å². The third-order valence-corrected chi connectivity index (χ3v) is 7.40. The molecule has 2 atom stereocenters. The number of urea groups is 1. The molecule has 0 aliphatic carbocycles. The van der Waals surface area contributed by atoms with Gasteiger partial charge < -0.3 is 25.8 Å². The van der Waals surface area contributed by atoms with Crippen LogP contribution in [0.4, 0.5) is 10.5 Å². The number of nitrogens with one attached hydrogen (secondary N) is 3. The molecule has 41 heavy (non-hydrogen) atoms. The molecule has 3 N–H and O–H groups in total. The Morgan fingerprint density at radius 3 is 2.41 bits per heavy atom. The maximum atomic E-state index is 13.8. The Balaban J connectivity index is 1.56. The molecule has 2 aromatic carbocycles. The lowest BCUT2D eigenvalue weighted by atomic mass is 9.79. The molecule has 10 heteroatoms. The molecule has 216 valence electrons. The van der Waals surface area contributed by atoms with Crippen LogP contribution in [-0.2, 0) is 4.79 Å². The summed E-state index contributed by atoms with van der Waals surface area (Å²) in [6.07, 6.45) is 3.73. The van der Waals surface area contributed by atoms with Crippen LogP contribution in [0.15, 0.2) is 83.7 Å². The number of likely N-dealkylation sites (tertiary alicyclic amines) is 1. The molecule has 0 bridgehead atoms. The minimum atomic E-state index is -0.444. The summed E-state index contributed by atoms with van der Waals surface area (Å²) in [5.41, 5.74) is 2.50. The number of carbonyl (C=O) groups is 3. The molecule has 0 aromatic heterocycles. The molecule has 1 saturated heterocycles. The van der Waals surface area contributed by atoms with Gasteiger partial charge in [0.15, 0.2) is 0 Å². The Morgan fingerprint density at radius 2 is 1.78 bits per heavy atom. The lowest BCUT2D eigenvalue weighted by molar-refractivity contribution is -0.111. The number of carbonyl (C=O) groups excluding carboxylic acids is 3. The lowest BCUT2D eigenvalue weighted by Gasteiger charge is -2.48. The second-order valence-electron chi connectivity index (χ2n) is 11.3. The number of nitrogens with zero attached hydrogens (tertiary/aromatic N) is 4. The summed E-state index contributed by atoms with van der Waals surface area (Å²) in [4.78, 5) is 42.5. The number of likely N-dealkylation sites (N-methyl/N-ethyl adjacent to an activating group) is 1. The zero-order valence-corrected chi connectivity index (χ0v) is 24.3. The molecule has 2 unspecified atom stereocenters. The highest BCUT2D eigenvalue weighted by Gasteiger charge is 2.43. The van der Waals surface area contributed by atoms with Crippen molar-refractivity contribution in [1.29, 1.82) is 0 Å². The van der Waals surface area contributed by atoms with Crippen LogP contribution in [0.25, 0.3) is 0 Å². The molecule has 1 fully saturated rings. The van der Waals surface area contributed by atoms with Gasteiger partial charge in [-0.05, 0) is 70.3 Å². The first-order valence-electron chi connectivity index (χ1n) is 13.6. The summed E-state index contributed by atoms with van der Waals surface area (Å²) in [5.74, 6) is -0.100. The molecule has 2 aliphatic rings. The van der Waals surface area contributed by atoms with Crippen molar-refractivity contribution in [3.05, 3.63) is 89.8 Å². The minimum Gasteiger partial charge on any atom is -0.330 e. The summed E-state index contributed by atoms with van der Waals surface area (Å²) >= 11 is 0. The highest BCUT2D eigenvalue weighted by molar-refractivity contribution is 6.00. The Labute approximate surface area is 241 Å². The van der Waals surface area contributed by atoms with E-state index in [1.807, 2.05) is 55.5 Å². The van der Waals surface area contributed by atoms with E-state index in [-0.39, 0.29) is 29.8 Å². The summed E-state index contributed by atoms with van der Waals surface area (Å²) < 4.78 is 0. The van der Waals surface area contributed by atoms with Gasteiger partial charge in [0.25, 0.3) is 5.91 Å². The predicted molar refractivity (Wildman–Crippen MR) is 161 cm³/mol. The highest BCUT2D eigenvalue weighted by atomic mass is 16.2. The molecule has 10 nitrogen and oxygen atoms in total. The molecule has 2 aromatic rings. The smallest absolute Gasteiger partial charge is 0.318 e. The van der Waals surface area contributed by atoms with E-state index >= 15 is 0 Å². The Hall–Kier alpha value is -4.44. The van der Waals surface area contributed by atoms with Gasteiger partial charge in [0.05, 0.1) is 6.04 Å². The Morgan fingerprint density at radius 1 is 1.10 bits per heavy atom. The van der Waals surface area contributed by atoms with Crippen molar-refractivity contribution in [3.63, 3.8) is 0 Å². The number of fused-ring (bicyclic) bond motifs is 1. The summed E-state index contributed by atoms with van der Waals surface area (Å²) in [6.45, 7) is 8.56. The Kier molecular flexibility index (Phi) is 8.92. The third-order valence-electron chi connectivity index (χ3n) is 7.40. The molecule has 0 saturated carbocycles. The van der Waals surface area contributed by atoms with Gasteiger partial charge in [-0.1, -0.05) is 36.9 Å². The lowest BCUT2D eigenvalue weighted by Crippen LogP contribution is -2.59. The van der Waals surface area contributed by atoms with Crippen LogP contribution in [0, 0.1) is 5.92 Å². The average Bonchev–Trinajstić information content (AvgIpc) is 2.94. The van der Waals surface area contributed by atoms with Gasteiger partial charge in [0.1, 0.15) is 5.82 Å². The average molecular weight is 558 g/mol. The van der Waals surface area contributed by atoms with E-state index in [9.17, 15) is 14.4 Å². The van der Waals surface area contributed by atoms with Crippen LogP contribution in [0.3, 0.4) is 0 Å². The number of benzene rings is 2.